The van der Waals surface area contributed by atoms with Gasteiger partial charge in [-0.05, 0) is 61.4 Å². The number of hydrazone groups is 1. The van der Waals surface area contributed by atoms with Crippen LogP contribution >= 0.6 is 11.6 Å². The van der Waals surface area contributed by atoms with E-state index in [1.807, 2.05) is 30.3 Å². The van der Waals surface area contributed by atoms with Crippen molar-refractivity contribution in [2.75, 3.05) is 6.61 Å². The molecule has 2 aliphatic heterocycles. The van der Waals surface area contributed by atoms with Gasteiger partial charge in [0.1, 0.15) is 11.5 Å². The number of rotatable bonds is 8. The Balaban J connectivity index is 1.40. The molecule has 3 aromatic rings. The molecule has 2 atom stereocenters. The number of aryl methyl sites for hydroxylation is 1. The molecule has 4 nitrogen and oxygen atoms in total. The number of nitrogens with zero attached hydrogens (tertiary/aromatic N) is 2. The second kappa shape index (κ2) is 10.1. The minimum absolute atomic E-state index is 0.0817. The van der Waals surface area contributed by atoms with Crippen molar-refractivity contribution >= 4 is 17.3 Å². The van der Waals surface area contributed by atoms with Crippen LogP contribution in [0.3, 0.4) is 0 Å². The van der Waals surface area contributed by atoms with Crippen LogP contribution in [-0.4, -0.2) is 17.3 Å². The van der Waals surface area contributed by atoms with Gasteiger partial charge in [-0.2, -0.15) is 5.10 Å². The summed E-state index contributed by atoms with van der Waals surface area (Å²) in [5.41, 5.74) is 5.60. The maximum atomic E-state index is 6.47. The molecule has 0 N–H and O–H groups in total. The Morgan fingerprint density at radius 2 is 1.79 bits per heavy atom. The van der Waals surface area contributed by atoms with Crippen molar-refractivity contribution in [3.05, 3.63) is 94.0 Å². The van der Waals surface area contributed by atoms with Crippen LogP contribution in [0.4, 0.5) is 0 Å². The van der Waals surface area contributed by atoms with Gasteiger partial charge in [-0.1, -0.05) is 67.6 Å². The van der Waals surface area contributed by atoms with Crippen LogP contribution in [0.5, 0.6) is 11.5 Å². The monoisotopic (exact) mass is 474 g/mol. The first-order chi connectivity index (χ1) is 16.6. The van der Waals surface area contributed by atoms with Crippen molar-refractivity contribution in [1.82, 2.24) is 5.01 Å². The lowest BCUT2D eigenvalue weighted by molar-refractivity contribution is -0.0190. The zero-order chi connectivity index (χ0) is 23.5. The van der Waals surface area contributed by atoms with Crippen LogP contribution in [0.2, 0.25) is 5.02 Å². The fraction of sp³-hybridized carbons (Fsp3) is 0.345. The van der Waals surface area contributed by atoms with Gasteiger partial charge >= 0.3 is 0 Å². The number of hydrogen-bond acceptors (Lipinski definition) is 4. The second-order valence-electron chi connectivity index (χ2n) is 9.14. The summed E-state index contributed by atoms with van der Waals surface area (Å²) in [7, 11) is 0. The smallest absolute Gasteiger partial charge is 0.213 e. The summed E-state index contributed by atoms with van der Waals surface area (Å²) in [5.74, 6) is 1.76. The first-order valence-electron chi connectivity index (χ1n) is 12.2. The third-order valence-corrected chi connectivity index (χ3v) is 6.80. The Labute approximate surface area is 207 Å². The highest BCUT2D eigenvalue weighted by molar-refractivity contribution is 6.30. The molecule has 0 spiro atoms. The van der Waals surface area contributed by atoms with E-state index in [-0.39, 0.29) is 12.3 Å². The molecule has 176 valence electrons. The highest BCUT2D eigenvalue weighted by Gasteiger charge is 2.41. The van der Waals surface area contributed by atoms with Crippen LogP contribution in [-0.2, 0) is 0 Å². The largest absolute Gasteiger partial charge is 0.494 e. The lowest BCUT2D eigenvalue weighted by Gasteiger charge is -2.38. The predicted octanol–water partition coefficient (Wildman–Crippen LogP) is 7.85. The molecule has 0 aromatic heterocycles. The number of ether oxygens (including phenoxy) is 2. The predicted molar refractivity (Wildman–Crippen MR) is 138 cm³/mol. The molecule has 0 amide bonds. The average molecular weight is 475 g/mol. The summed E-state index contributed by atoms with van der Waals surface area (Å²) in [6.07, 6.45) is 5.31. The maximum absolute atomic E-state index is 6.47. The number of benzene rings is 3. The average Bonchev–Trinajstić information content (AvgIpc) is 3.30. The van der Waals surface area contributed by atoms with Crippen molar-refractivity contribution in [1.29, 1.82) is 0 Å². The Morgan fingerprint density at radius 1 is 1.00 bits per heavy atom. The first-order valence-corrected chi connectivity index (χ1v) is 12.6. The molecular weight excluding hydrogens is 444 g/mol. The van der Waals surface area contributed by atoms with Gasteiger partial charge in [0.25, 0.3) is 0 Å². The van der Waals surface area contributed by atoms with Gasteiger partial charge in [0.2, 0.25) is 6.23 Å². The summed E-state index contributed by atoms with van der Waals surface area (Å²) >= 11 is 6.35. The molecule has 0 saturated heterocycles. The van der Waals surface area contributed by atoms with Gasteiger partial charge in [0.15, 0.2) is 0 Å². The van der Waals surface area contributed by atoms with Crippen LogP contribution in [0.1, 0.15) is 73.6 Å². The minimum Gasteiger partial charge on any atom is -0.494 e. The first kappa shape index (κ1) is 22.8. The Kier molecular flexibility index (Phi) is 6.77. The molecular formula is C29H31ClN2O2. The van der Waals surface area contributed by atoms with E-state index in [9.17, 15) is 0 Å². The lowest BCUT2D eigenvalue weighted by Crippen LogP contribution is -2.33. The van der Waals surface area contributed by atoms with Gasteiger partial charge in [0.05, 0.1) is 18.4 Å². The Bertz CT molecular complexity index is 1160. The molecule has 3 aromatic carbocycles. The molecule has 0 saturated carbocycles. The van der Waals surface area contributed by atoms with E-state index in [1.165, 1.54) is 24.8 Å². The molecule has 5 heteroatoms. The topological polar surface area (TPSA) is 34.1 Å². The molecule has 2 aliphatic rings. The second-order valence-corrected chi connectivity index (χ2v) is 9.58. The fourth-order valence-electron chi connectivity index (χ4n) is 4.65. The van der Waals surface area contributed by atoms with Crippen molar-refractivity contribution in [3.63, 3.8) is 0 Å². The van der Waals surface area contributed by atoms with Crippen LogP contribution in [0, 0.1) is 6.92 Å². The maximum Gasteiger partial charge on any atom is 0.213 e. The summed E-state index contributed by atoms with van der Waals surface area (Å²) in [6, 6.07) is 22.8. The van der Waals surface area contributed by atoms with Gasteiger partial charge in [0, 0.05) is 22.6 Å². The van der Waals surface area contributed by atoms with E-state index in [0.29, 0.717) is 5.02 Å². The number of fused-ring (bicyclic) bond motifs is 3. The van der Waals surface area contributed by atoms with Crippen molar-refractivity contribution in [3.8, 4) is 11.5 Å². The van der Waals surface area contributed by atoms with Crippen molar-refractivity contribution < 1.29 is 9.47 Å². The molecule has 0 radical (unpaired) electrons. The quantitative estimate of drug-likeness (QED) is 0.312. The highest BCUT2D eigenvalue weighted by Crippen LogP contribution is 2.48. The molecule has 34 heavy (non-hydrogen) atoms. The van der Waals surface area contributed by atoms with E-state index in [1.54, 1.807) is 0 Å². The van der Waals surface area contributed by atoms with E-state index in [0.717, 1.165) is 53.3 Å². The van der Waals surface area contributed by atoms with Crippen molar-refractivity contribution in [2.24, 2.45) is 5.10 Å². The number of unbranched alkanes of at least 4 members (excludes halogenated alkanes) is 3. The van der Waals surface area contributed by atoms with E-state index in [4.69, 9.17) is 26.2 Å². The van der Waals surface area contributed by atoms with Crippen LogP contribution in [0.15, 0.2) is 71.8 Å². The van der Waals surface area contributed by atoms with Gasteiger partial charge in [-0.3, -0.25) is 0 Å². The zero-order valence-electron chi connectivity index (χ0n) is 19.8. The van der Waals surface area contributed by atoms with Crippen LogP contribution < -0.4 is 9.47 Å². The van der Waals surface area contributed by atoms with Gasteiger partial charge in [-0.25, -0.2) is 5.01 Å². The zero-order valence-corrected chi connectivity index (χ0v) is 20.6. The minimum atomic E-state index is -0.305. The van der Waals surface area contributed by atoms with Gasteiger partial charge in [-0.15, -0.1) is 0 Å². The number of halogens is 1. The summed E-state index contributed by atoms with van der Waals surface area (Å²) in [4.78, 5) is 0. The Morgan fingerprint density at radius 3 is 2.56 bits per heavy atom. The summed E-state index contributed by atoms with van der Waals surface area (Å²) < 4.78 is 12.4. The molecule has 0 aliphatic carbocycles. The summed E-state index contributed by atoms with van der Waals surface area (Å²) in [5, 5.41) is 7.85. The van der Waals surface area contributed by atoms with Gasteiger partial charge < -0.3 is 9.47 Å². The van der Waals surface area contributed by atoms with Crippen molar-refractivity contribution in [2.45, 2.75) is 58.2 Å². The molecule has 0 unspecified atom stereocenters. The van der Waals surface area contributed by atoms with E-state index in [2.05, 4.69) is 55.3 Å². The van der Waals surface area contributed by atoms with E-state index >= 15 is 0 Å². The molecule has 0 fully saturated rings. The van der Waals surface area contributed by atoms with Crippen LogP contribution in [0.25, 0.3) is 0 Å². The third kappa shape index (κ3) is 4.78. The summed E-state index contributed by atoms with van der Waals surface area (Å²) in [6.45, 7) is 5.08. The lowest BCUT2D eigenvalue weighted by atomic mass is 9.95. The highest BCUT2D eigenvalue weighted by atomic mass is 35.5. The number of hydrogen-bond donors (Lipinski definition) is 0. The Hall–Kier alpha value is -2.98. The van der Waals surface area contributed by atoms with E-state index < -0.39 is 0 Å². The molecule has 2 heterocycles. The standard InChI is InChI=1S/C29H31ClN2O2/c1-3-4-5-6-17-33-24-14-11-22(12-15-24)29-32-27(25-18-23(30)13-16-28(25)34-29)19-26(31-32)21-9-7-20(2)8-10-21/h7-16,18,27,29H,3-6,17,19H2,1-2H3/t27-,29-/m0/s1. The third-order valence-electron chi connectivity index (χ3n) is 6.57. The molecule has 0 bridgehead atoms. The normalized spacial score (nSPS) is 18.7. The SMILES string of the molecule is CCCCCCOc1ccc([C@@H]2Oc3ccc(Cl)cc3[C@@H]3CC(c4ccc(C)cc4)=NN32)cc1. The fourth-order valence-corrected chi connectivity index (χ4v) is 4.83. The molecule has 5 rings (SSSR count).